The first-order chi connectivity index (χ1) is 10.6. The third-order valence-electron chi connectivity index (χ3n) is 3.27. The van der Waals surface area contributed by atoms with Crippen molar-refractivity contribution in [2.24, 2.45) is 0 Å². The Hall–Kier alpha value is -2.03. The number of aliphatic carboxylic acids is 1. The number of hydrogen-bond donors (Lipinski definition) is 1. The predicted octanol–water partition coefficient (Wildman–Crippen LogP) is 2.54. The second kappa shape index (κ2) is 6.23. The summed E-state index contributed by atoms with van der Waals surface area (Å²) in [6.07, 6.45) is -5.04. The van der Waals surface area contributed by atoms with Crippen molar-refractivity contribution in [2.75, 3.05) is 4.90 Å². The van der Waals surface area contributed by atoms with E-state index in [0.29, 0.717) is 4.90 Å². The number of hydrogen-bond acceptors (Lipinski definition) is 4. The van der Waals surface area contributed by atoms with E-state index in [1.165, 1.54) is 13.0 Å². The Balaban J connectivity index is 2.33. The summed E-state index contributed by atoms with van der Waals surface area (Å²) in [5, 5.41) is 6.89. The number of carboxylic acid groups (broad SMARTS) is 1. The van der Waals surface area contributed by atoms with Crippen LogP contribution in [-0.4, -0.2) is 33.4 Å². The van der Waals surface area contributed by atoms with Crippen LogP contribution in [0.2, 0.25) is 0 Å². The molecule has 2 unspecified atom stereocenters. The lowest BCUT2D eigenvalue weighted by molar-refractivity contribution is -0.137. The molecule has 0 aromatic heterocycles. The highest BCUT2D eigenvalue weighted by Gasteiger charge is 2.45. The molecule has 0 saturated carbocycles. The molecule has 2 atom stereocenters. The van der Waals surface area contributed by atoms with Crippen molar-refractivity contribution in [1.82, 2.24) is 0 Å². The Morgan fingerprint density at radius 1 is 1.35 bits per heavy atom. The van der Waals surface area contributed by atoms with Gasteiger partial charge in [0.2, 0.25) is 11.8 Å². The number of rotatable bonds is 4. The maximum Gasteiger partial charge on any atom is 0.418 e. The predicted molar refractivity (Wildman–Crippen MR) is 77.0 cm³/mol. The van der Waals surface area contributed by atoms with Gasteiger partial charge in [0.15, 0.2) is 0 Å². The number of alkyl halides is 3. The van der Waals surface area contributed by atoms with Crippen molar-refractivity contribution < 1.29 is 32.7 Å². The first kappa shape index (κ1) is 17.3. The molecule has 0 radical (unpaired) electrons. The second-order valence-corrected chi connectivity index (χ2v) is 6.44. The van der Waals surface area contributed by atoms with E-state index < -0.39 is 45.7 Å². The molecular weight excluding hydrogens is 335 g/mol. The molecule has 0 spiro atoms. The summed E-state index contributed by atoms with van der Waals surface area (Å²) in [4.78, 5) is 35.6. The Kier molecular flexibility index (Phi) is 4.69. The quantitative estimate of drug-likeness (QED) is 0.847. The topological polar surface area (TPSA) is 74.7 Å². The van der Waals surface area contributed by atoms with Crippen LogP contribution in [0.1, 0.15) is 18.9 Å². The van der Waals surface area contributed by atoms with Crippen LogP contribution in [0.4, 0.5) is 18.9 Å². The van der Waals surface area contributed by atoms with Gasteiger partial charge in [-0.3, -0.25) is 14.4 Å². The molecule has 9 heteroatoms. The summed E-state index contributed by atoms with van der Waals surface area (Å²) in [6, 6.07) is 4.30. The lowest BCUT2D eigenvalue weighted by Gasteiger charge is -2.20. The van der Waals surface area contributed by atoms with Gasteiger partial charge in [-0.2, -0.15) is 13.2 Å². The largest absolute Gasteiger partial charge is 0.480 e. The normalized spacial score (nSPS) is 20.0. The molecule has 1 saturated heterocycles. The van der Waals surface area contributed by atoms with Gasteiger partial charge in [0.1, 0.15) is 5.25 Å². The molecule has 0 aliphatic carbocycles. The molecule has 1 aromatic rings. The van der Waals surface area contributed by atoms with Crippen LogP contribution in [0.3, 0.4) is 0 Å². The minimum atomic E-state index is -4.71. The number of halogens is 3. The van der Waals surface area contributed by atoms with Crippen LogP contribution in [0.15, 0.2) is 24.3 Å². The average molecular weight is 347 g/mol. The summed E-state index contributed by atoms with van der Waals surface area (Å²) in [6.45, 7) is 1.34. The molecule has 1 N–H and O–H groups in total. The van der Waals surface area contributed by atoms with Crippen molar-refractivity contribution >= 4 is 35.2 Å². The molecule has 23 heavy (non-hydrogen) atoms. The van der Waals surface area contributed by atoms with Crippen molar-refractivity contribution in [3.63, 3.8) is 0 Å². The molecular formula is C14H12F3NO4S. The fourth-order valence-electron chi connectivity index (χ4n) is 2.18. The number of thioether (sulfide) groups is 1. The van der Waals surface area contributed by atoms with E-state index in [2.05, 4.69) is 0 Å². The van der Waals surface area contributed by atoms with E-state index in [1.807, 2.05) is 0 Å². The summed E-state index contributed by atoms with van der Waals surface area (Å²) in [5.41, 5.74) is -1.61. The zero-order chi connectivity index (χ0) is 17.4. The lowest BCUT2D eigenvalue weighted by atomic mass is 10.1. The SMILES string of the molecule is CC(SC1CC(=O)N(c2ccccc2C(F)(F)F)C1=O)C(=O)O. The van der Waals surface area contributed by atoms with E-state index in [0.717, 1.165) is 30.0 Å². The van der Waals surface area contributed by atoms with Crippen LogP contribution in [0.5, 0.6) is 0 Å². The zero-order valence-electron chi connectivity index (χ0n) is 11.8. The number of carbonyl (C=O) groups excluding carboxylic acids is 2. The molecule has 5 nitrogen and oxygen atoms in total. The minimum Gasteiger partial charge on any atom is -0.480 e. The number of amides is 2. The van der Waals surface area contributed by atoms with Gasteiger partial charge >= 0.3 is 12.1 Å². The number of para-hydroxylation sites is 1. The van der Waals surface area contributed by atoms with E-state index >= 15 is 0 Å². The van der Waals surface area contributed by atoms with E-state index in [9.17, 15) is 27.6 Å². The molecule has 2 rings (SSSR count). The fraction of sp³-hybridized carbons (Fsp3) is 0.357. The van der Waals surface area contributed by atoms with Crippen molar-refractivity contribution in [1.29, 1.82) is 0 Å². The van der Waals surface area contributed by atoms with Gasteiger partial charge in [-0.15, -0.1) is 11.8 Å². The zero-order valence-corrected chi connectivity index (χ0v) is 12.6. The summed E-state index contributed by atoms with van der Waals surface area (Å²) < 4.78 is 39.1. The number of carboxylic acids is 1. The van der Waals surface area contributed by atoms with Crippen molar-refractivity contribution in [2.45, 2.75) is 30.0 Å². The minimum absolute atomic E-state index is 0.326. The molecule has 1 aliphatic rings. The lowest BCUT2D eigenvalue weighted by Crippen LogP contribution is -2.33. The third-order valence-corrected chi connectivity index (χ3v) is 4.58. The molecule has 124 valence electrons. The Morgan fingerprint density at radius 2 is 1.96 bits per heavy atom. The van der Waals surface area contributed by atoms with E-state index in [-0.39, 0.29) is 6.42 Å². The highest BCUT2D eigenvalue weighted by Crippen LogP contribution is 2.39. The second-order valence-electron chi connectivity index (χ2n) is 4.89. The summed E-state index contributed by atoms with van der Waals surface area (Å²) in [7, 11) is 0. The van der Waals surface area contributed by atoms with Crippen LogP contribution in [0.25, 0.3) is 0 Å². The Morgan fingerprint density at radius 3 is 2.52 bits per heavy atom. The summed E-state index contributed by atoms with van der Waals surface area (Å²) >= 11 is 0.746. The van der Waals surface area contributed by atoms with Crippen LogP contribution < -0.4 is 4.90 Å². The van der Waals surface area contributed by atoms with Crippen molar-refractivity contribution in [3.05, 3.63) is 29.8 Å². The first-order valence-electron chi connectivity index (χ1n) is 6.54. The van der Waals surface area contributed by atoms with Crippen LogP contribution >= 0.6 is 11.8 Å². The molecule has 1 heterocycles. The van der Waals surface area contributed by atoms with Crippen LogP contribution in [0, 0.1) is 0 Å². The number of imide groups is 1. The van der Waals surface area contributed by atoms with Crippen molar-refractivity contribution in [3.8, 4) is 0 Å². The smallest absolute Gasteiger partial charge is 0.418 e. The average Bonchev–Trinajstić information content (AvgIpc) is 2.72. The summed E-state index contributed by atoms with van der Waals surface area (Å²) in [5.74, 6) is -2.77. The van der Waals surface area contributed by atoms with Gasteiger partial charge in [0.05, 0.1) is 16.5 Å². The maximum atomic E-state index is 13.0. The van der Waals surface area contributed by atoms with E-state index in [1.54, 1.807) is 0 Å². The molecule has 1 fully saturated rings. The number of carbonyl (C=O) groups is 3. The monoisotopic (exact) mass is 347 g/mol. The highest BCUT2D eigenvalue weighted by molar-refractivity contribution is 8.01. The van der Waals surface area contributed by atoms with E-state index in [4.69, 9.17) is 5.11 Å². The van der Waals surface area contributed by atoms with Gasteiger partial charge in [-0.05, 0) is 19.1 Å². The molecule has 1 aliphatic heterocycles. The Labute approximate surface area is 133 Å². The number of benzene rings is 1. The number of anilines is 1. The molecule has 2 amide bonds. The molecule has 0 bridgehead atoms. The standard InChI is InChI=1S/C14H12F3NO4S/c1-7(13(21)22)23-10-6-11(19)18(12(10)20)9-5-3-2-4-8(9)14(15,16)17/h2-5,7,10H,6H2,1H3,(H,21,22). The van der Waals surface area contributed by atoms with Gasteiger partial charge in [-0.25, -0.2) is 4.90 Å². The maximum absolute atomic E-state index is 13.0. The highest BCUT2D eigenvalue weighted by atomic mass is 32.2. The van der Waals surface area contributed by atoms with Gasteiger partial charge in [0, 0.05) is 6.42 Å². The number of nitrogens with zero attached hydrogens (tertiary/aromatic N) is 1. The molecule has 1 aromatic carbocycles. The Bertz CT molecular complexity index is 662. The fourth-order valence-corrected chi connectivity index (χ4v) is 3.25. The van der Waals surface area contributed by atoms with Crippen LogP contribution in [-0.2, 0) is 20.6 Å². The van der Waals surface area contributed by atoms with Gasteiger partial charge in [0.25, 0.3) is 0 Å². The van der Waals surface area contributed by atoms with Gasteiger partial charge < -0.3 is 5.11 Å². The third kappa shape index (κ3) is 3.49. The first-order valence-corrected chi connectivity index (χ1v) is 7.48. The van der Waals surface area contributed by atoms with Gasteiger partial charge in [-0.1, -0.05) is 12.1 Å².